The van der Waals surface area contributed by atoms with Gasteiger partial charge in [-0.25, -0.2) is 8.78 Å². The van der Waals surface area contributed by atoms with Gasteiger partial charge in [0.15, 0.2) is 0 Å². The average molecular weight is 213 g/mol. The molecule has 5 heteroatoms. The Kier molecular flexibility index (Phi) is 2.81. The van der Waals surface area contributed by atoms with Crippen LogP contribution in [0.2, 0.25) is 0 Å². The van der Waals surface area contributed by atoms with Crippen molar-refractivity contribution in [1.29, 1.82) is 0 Å². The van der Waals surface area contributed by atoms with Crippen LogP contribution in [0.15, 0.2) is 12.3 Å². The Balaban J connectivity index is 2.11. The number of hydrogen-bond donors (Lipinski definition) is 1. The van der Waals surface area contributed by atoms with Crippen LogP contribution in [0.4, 0.5) is 14.5 Å². The molecule has 82 valence electrons. The highest BCUT2D eigenvalue weighted by molar-refractivity contribution is 5.40. The number of rotatable bonds is 2. The number of aromatic nitrogens is 1. The van der Waals surface area contributed by atoms with E-state index in [1.807, 2.05) is 6.07 Å². The Bertz CT molecular complexity index is 355. The summed E-state index contributed by atoms with van der Waals surface area (Å²) in [5.41, 5.74) is 8.15. The summed E-state index contributed by atoms with van der Waals surface area (Å²) >= 11 is 0. The molecule has 0 spiro atoms. The zero-order chi connectivity index (χ0) is 10.8. The molecule has 3 nitrogen and oxygen atoms in total. The fourth-order valence-corrected chi connectivity index (χ4v) is 1.85. The van der Waals surface area contributed by atoms with Gasteiger partial charge in [0.25, 0.3) is 6.43 Å². The van der Waals surface area contributed by atoms with Gasteiger partial charge in [0.1, 0.15) is 0 Å². The molecule has 15 heavy (non-hydrogen) atoms. The van der Waals surface area contributed by atoms with Crippen LogP contribution in [0.5, 0.6) is 0 Å². The number of alkyl halides is 2. The monoisotopic (exact) mass is 213 g/mol. The summed E-state index contributed by atoms with van der Waals surface area (Å²) < 4.78 is 24.4. The molecule has 0 saturated carbocycles. The van der Waals surface area contributed by atoms with Gasteiger partial charge < -0.3 is 5.73 Å². The van der Waals surface area contributed by atoms with E-state index in [-0.39, 0.29) is 6.54 Å². The molecule has 1 aromatic heterocycles. The van der Waals surface area contributed by atoms with Crippen LogP contribution in [0.1, 0.15) is 11.3 Å². The summed E-state index contributed by atoms with van der Waals surface area (Å²) in [6.45, 7) is 1.00. The topological polar surface area (TPSA) is 42.1 Å². The number of hydrogen-bond acceptors (Lipinski definition) is 3. The number of pyridine rings is 1. The first-order chi connectivity index (χ1) is 7.15. The largest absolute Gasteiger partial charge is 0.397 e. The Hall–Kier alpha value is -1.23. The van der Waals surface area contributed by atoms with Crippen molar-refractivity contribution in [3.8, 4) is 0 Å². The minimum absolute atomic E-state index is 0.172. The van der Waals surface area contributed by atoms with Crippen molar-refractivity contribution in [3.05, 3.63) is 23.5 Å². The lowest BCUT2D eigenvalue weighted by molar-refractivity contribution is 0.0817. The van der Waals surface area contributed by atoms with E-state index in [1.54, 1.807) is 11.1 Å². The highest BCUT2D eigenvalue weighted by Gasteiger charge is 2.19. The van der Waals surface area contributed by atoms with Gasteiger partial charge in [0, 0.05) is 25.2 Å². The van der Waals surface area contributed by atoms with E-state index >= 15 is 0 Å². The van der Waals surface area contributed by atoms with Gasteiger partial charge in [-0.3, -0.25) is 9.88 Å². The van der Waals surface area contributed by atoms with Crippen LogP contribution < -0.4 is 5.73 Å². The molecule has 1 aliphatic heterocycles. The SMILES string of the molecule is Nc1cnc2c(c1)CN(CC(F)F)CC2. The first-order valence-corrected chi connectivity index (χ1v) is 4.89. The van der Waals surface area contributed by atoms with E-state index in [0.717, 1.165) is 17.7 Å². The number of anilines is 1. The lowest BCUT2D eigenvalue weighted by Gasteiger charge is -2.27. The van der Waals surface area contributed by atoms with Crippen molar-refractivity contribution in [2.75, 3.05) is 18.8 Å². The number of halogens is 2. The molecule has 2 N–H and O–H groups in total. The van der Waals surface area contributed by atoms with Crippen molar-refractivity contribution in [1.82, 2.24) is 9.88 Å². The lowest BCUT2D eigenvalue weighted by atomic mass is 10.1. The first-order valence-electron chi connectivity index (χ1n) is 4.89. The van der Waals surface area contributed by atoms with Crippen molar-refractivity contribution < 1.29 is 8.78 Å². The summed E-state index contributed by atoms with van der Waals surface area (Å²) in [6, 6.07) is 1.82. The van der Waals surface area contributed by atoms with Crippen LogP contribution in [0.25, 0.3) is 0 Å². The minimum atomic E-state index is -2.28. The third-order valence-corrected chi connectivity index (χ3v) is 2.54. The number of nitrogen functional groups attached to an aromatic ring is 1. The standard InChI is InChI=1S/C10H13F2N3/c11-10(12)6-15-2-1-9-7(5-15)3-8(13)4-14-9/h3-4,10H,1-2,5-6,13H2. The molecule has 1 aliphatic rings. The summed E-state index contributed by atoms with van der Waals surface area (Å²) in [7, 11) is 0. The van der Waals surface area contributed by atoms with Gasteiger partial charge in [-0.05, 0) is 11.6 Å². The molecular weight excluding hydrogens is 200 g/mol. The molecule has 0 unspecified atom stereocenters. The van der Waals surface area contributed by atoms with E-state index in [4.69, 9.17) is 5.73 Å². The smallest absolute Gasteiger partial charge is 0.251 e. The molecule has 0 bridgehead atoms. The number of nitrogens with zero attached hydrogens (tertiary/aromatic N) is 2. The maximum atomic E-state index is 12.2. The molecule has 1 aromatic rings. The van der Waals surface area contributed by atoms with E-state index < -0.39 is 6.43 Å². The molecule has 0 aromatic carbocycles. The second kappa shape index (κ2) is 4.10. The first kappa shape index (κ1) is 10.3. The zero-order valence-electron chi connectivity index (χ0n) is 8.29. The van der Waals surface area contributed by atoms with Crippen molar-refractivity contribution in [3.63, 3.8) is 0 Å². The third-order valence-electron chi connectivity index (χ3n) is 2.54. The molecule has 0 saturated heterocycles. The second-order valence-corrected chi connectivity index (χ2v) is 3.75. The zero-order valence-corrected chi connectivity index (χ0v) is 8.29. The molecule has 0 amide bonds. The fourth-order valence-electron chi connectivity index (χ4n) is 1.85. The highest BCUT2D eigenvalue weighted by atomic mass is 19.3. The quantitative estimate of drug-likeness (QED) is 0.804. The third kappa shape index (κ3) is 2.41. The summed E-state index contributed by atoms with van der Waals surface area (Å²) in [5, 5.41) is 0. The number of fused-ring (bicyclic) bond motifs is 1. The van der Waals surface area contributed by atoms with Crippen molar-refractivity contribution in [2.24, 2.45) is 0 Å². The van der Waals surface area contributed by atoms with Gasteiger partial charge in [-0.2, -0.15) is 0 Å². The maximum absolute atomic E-state index is 12.2. The molecule has 2 rings (SSSR count). The predicted octanol–water partition coefficient (Wildman–Crippen LogP) is 1.29. The second-order valence-electron chi connectivity index (χ2n) is 3.75. The van der Waals surface area contributed by atoms with E-state index in [2.05, 4.69) is 4.98 Å². The van der Waals surface area contributed by atoms with Crippen molar-refractivity contribution >= 4 is 5.69 Å². The van der Waals surface area contributed by atoms with E-state index in [9.17, 15) is 8.78 Å². The molecular formula is C10H13F2N3. The van der Waals surface area contributed by atoms with E-state index in [1.165, 1.54) is 0 Å². The van der Waals surface area contributed by atoms with Gasteiger partial charge in [-0.1, -0.05) is 0 Å². The molecule has 0 atom stereocenters. The molecule has 0 radical (unpaired) electrons. The predicted molar refractivity (Wildman–Crippen MR) is 53.6 cm³/mol. The molecule has 0 fully saturated rings. The van der Waals surface area contributed by atoms with Crippen LogP contribution in [-0.4, -0.2) is 29.4 Å². The fraction of sp³-hybridized carbons (Fsp3) is 0.500. The van der Waals surface area contributed by atoms with Crippen LogP contribution >= 0.6 is 0 Å². The lowest BCUT2D eigenvalue weighted by Crippen LogP contribution is -2.34. The summed E-state index contributed by atoms with van der Waals surface area (Å²) in [6.07, 6.45) is 0.0600. The highest BCUT2D eigenvalue weighted by Crippen LogP contribution is 2.19. The Morgan fingerprint density at radius 3 is 3.07 bits per heavy atom. The molecule has 2 heterocycles. The van der Waals surface area contributed by atoms with Crippen LogP contribution in [0.3, 0.4) is 0 Å². The normalized spacial score (nSPS) is 16.7. The Morgan fingerprint density at radius 1 is 1.53 bits per heavy atom. The van der Waals surface area contributed by atoms with Crippen molar-refractivity contribution in [2.45, 2.75) is 19.4 Å². The van der Waals surface area contributed by atoms with Crippen LogP contribution in [0, 0.1) is 0 Å². The maximum Gasteiger partial charge on any atom is 0.251 e. The van der Waals surface area contributed by atoms with Gasteiger partial charge in [0.2, 0.25) is 0 Å². The van der Waals surface area contributed by atoms with Gasteiger partial charge in [-0.15, -0.1) is 0 Å². The Morgan fingerprint density at radius 2 is 2.33 bits per heavy atom. The number of nitrogens with two attached hydrogens (primary N) is 1. The van der Waals surface area contributed by atoms with Crippen LogP contribution in [-0.2, 0) is 13.0 Å². The minimum Gasteiger partial charge on any atom is -0.397 e. The van der Waals surface area contributed by atoms with Gasteiger partial charge in [0.05, 0.1) is 18.4 Å². The Labute approximate surface area is 86.9 Å². The summed E-state index contributed by atoms with van der Waals surface area (Å²) in [5.74, 6) is 0. The summed E-state index contributed by atoms with van der Waals surface area (Å²) in [4.78, 5) is 5.92. The average Bonchev–Trinajstić information content (AvgIpc) is 2.16. The van der Waals surface area contributed by atoms with E-state index in [0.29, 0.717) is 18.8 Å². The molecule has 0 aliphatic carbocycles. The van der Waals surface area contributed by atoms with Gasteiger partial charge >= 0.3 is 0 Å².